The van der Waals surface area contributed by atoms with Gasteiger partial charge in [-0.2, -0.15) is 0 Å². The molecule has 1 N–H and O–H groups in total. The lowest BCUT2D eigenvalue weighted by atomic mass is 10.0. The summed E-state index contributed by atoms with van der Waals surface area (Å²) < 4.78 is 38.5. The average Bonchev–Trinajstić information content (AvgIpc) is 2.79. The number of aliphatic hydroxyl groups excluding tert-OH is 1. The lowest BCUT2D eigenvalue weighted by molar-refractivity contribution is 0.153. The molecular formula is C23H33N3O4S2. The monoisotopic (exact) mass is 479 g/mol. The van der Waals surface area contributed by atoms with Crippen LogP contribution in [0.3, 0.4) is 0 Å². The molecule has 0 amide bonds. The van der Waals surface area contributed by atoms with Gasteiger partial charge in [-0.3, -0.25) is 4.90 Å². The Kier molecular flexibility index (Phi) is 8.60. The maximum Gasteiger partial charge on any atom is 0.247 e. The first kappa shape index (κ1) is 25.0. The van der Waals surface area contributed by atoms with E-state index in [4.69, 9.17) is 0 Å². The summed E-state index contributed by atoms with van der Waals surface area (Å²) in [4.78, 5) is 5.04. The third-order valence-corrected chi connectivity index (χ3v) is 8.83. The number of benzene rings is 2. The van der Waals surface area contributed by atoms with Gasteiger partial charge in [-0.25, -0.2) is 12.7 Å². The molecule has 0 spiro atoms. The van der Waals surface area contributed by atoms with Gasteiger partial charge in [0, 0.05) is 46.0 Å². The Morgan fingerprint density at radius 3 is 2.34 bits per heavy atom. The first-order valence-electron chi connectivity index (χ1n) is 10.8. The van der Waals surface area contributed by atoms with Crippen LogP contribution in [0.4, 0.5) is 5.69 Å². The highest BCUT2D eigenvalue weighted by Gasteiger charge is 2.27. The van der Waals surface area contributed by atoms with Crippen molar-refractivity contribution in [3.8, 4) is 0 Å². The minimum Gasteiger partial charge on any atom is -0.612 e. The number of para-hydroxylation sites is 1. The molecule has 1 aliphatic heterocycles. The summed E-state index contributed by atoms with van der Waals surface area (Å²) in [6.07, 6.45) is 2.03. The lowest BCUT2D eigenvalue weighted by Gasteiger charge is -2.36. The van der Waals surface area contributed by atoms with Crippen molar-refractivity contribution in [2.24, 2.45) is 0 Å². The molecule has 176 valence electrons. The third kappa shape index (κ3) is 6.03. The van der Waals surface area contributed by atoms with E-state index in [1.165, 1.54) is 32.1 Å². The summed E-state index contributed by atoms with van der Waals surface area (Å²) >= 11 is -1.45. The van der Waals surface area contributed by atoms with Crippen molar-refractivity contribution in [3.63, 3.8) is 0 Å². The molecule has 3 rings (SSSR count). The predicted molar refractivity (Wildman–Crippen MR) is 129 cm³/mol. The van der Waals surface area contributed by atoms with E-state index >= 15 is 0 Å². The Hall–Kier alpha value is -1.62. The fourth-order valence-electron chi connectivity index (χ4n) is 3.91. The number of sulfonamides is 1. The second-order valence-electron chi connectivity index (χ2n) is 8.27. The summed E-state index contributed by atoms with van der Waals surface area (Å²) in [5.41, 5.74) is 1.79. The van der Waals surface area contributed by atoms with Gasteiger partial charge in [0.05, 0.1) is 6.10 Å². The maximum absolute atomic E-state index is 12.7. The Bertz CT molecular complexity index is 976. The van der Waals surface area contributed by atoms with Crippen molar-refractivity contribution in [1.82, 2.24) is 9.21 Å². The molecule has 1 heterocycles. The highest BCUT2D eigenvalue weighted by atomic mass is 32.2. The molecule has 1 fully saturated rings. The van der Waals surface area contributed by atoms with Crippen molar-refractivity contribution in [2.45, 2.75) is 28.7 Å². The number of hydrogen-bond acceptors (Lipinski definition) is 6. The van der Waals surface area contributed by atoms with Crippen molar-refractivity contribution >= 4 is 26.9 Å². The molecule has 7 nitrogen and oxygen atoms in total. The van der Waals surface area contributed by atoms with Crippen LogP contribution in [0.2, 0.25) is 0 Å². The van der Waals surface area contributed by atoms with Gasteiger partial charge in [-0.05, 0) is 60.4 Å². The zero-order chi connectivity index (χ0) is 23.3. The topological polar surface area (TPSA) is 87.2 Å². The van der Waals surface area contributed by atoms with Gasteiger partial charge in [0.15, 0.2) is 4.90 Å². The van der Waals surface area contributed by atoms with E-state index < -0.39 is 27.3 Å². The lowest BCUT2D eigenvalue weighted by Crippen LogP contribution is -2.46. The Balaban J connectivity index is 1.56. The Labute approximate surface area is 194 Å². The summed E-state index contributed by atoms with van der Waals surface area (Å²) in [5.74, 6) is 0. The number of rotatable bonds is 9. The number of aliphatic hydroxyl groups is 1. The molecule has 2 unspecified atom stereocenters. The molecule has 9 heteroatoms. The van der Waals surface area contributed by atoms with Gasteiger partial charge in [-0.15, -0.1) is 0 Å². The molecule has 2 aromatic carbocycles. The highest BCUT2D eigenvalue weighted by Crippen LogP contribution is 2.28. The molecule has 0 bridgehead atoms. The molecule has 0 saturated carbocycles. The first-order valence-corrected chi connectivity index (χ1v) is 13.8. The quantitative estimate of drug-likeness (QED) is 0.556. The minimum atomic E-state index is -3.76. The van der Waals surface area contributed by atoms with Gasteiger partial charge < -0.3 is 14.6 Å². The second-order valence-corrected chi connectivity index (χ2v) is 11.7. The van der Waals surface area contributed by atoms with E-state index in [2.05, 4.69) is 34.1 Å². The third-order valence-electron chi connectivity index (χ3n) is 5.87. The summed E-state index contributed by atoms with van der Waals surface area (Å²) in [6.45, 7) is 4.81. The molecule has 32 heavy (non-hydrogen) atoms. The van der Waals surface area contributed by atoms with E-state index in [0.717, 1.165) is 43.4 Å². The number of piperazine rings is 1. The van der Waals surface area contributed by atoms with Crippen LogP contribution in [0.15, 0.2) is 58.3 Å². The summed E-state index contributed by atoms with van der Waals surface area (Å²) in [7, 11) is -0.873. The number of anilines is 1. The minimum absolute atomic E-state index is 0.00285. The standard InChI is InChI=1S/C23H33N3O4S2/c1-24(2)32(29,30)23-18-19(11-12-22(23)31(3)28)21(27)10-7-13-25-14-16-26(17-15-25)20-8-5-4-6-9-20/h4-6,8-9,11-12,18,21,27H,7,10,13-17H2,1-3H3. The van der Waals surface area contributed by atoms with Crippen LogP contribution in [0, 0.1) is 0 Å². The van der Waals surface area contributed by atoms with Crippen molar-refractivity contribution < 1.29 is 18.1 Å². The van der Waals surface area contributed by atoms with E-state index in [-0.39, 0.29) is 9.79 Å². The number of hydrogen-bond donors (Lipinski definition) is 1. The smallest absolute Gasteiger partial charge is 0.247 e. The SMILES string of the molecule is CN(C)S(=O)(=O)c1cc(C(O)CCCN2CCN(c3ccccc3)CC2)ccc1[S+](C)[O-]. The van der Waals surface area contributed by atoms with Crippen LogP contribution in [-0.4, -0.2) is 80.4 Å². The number of nitrogens with zero attached hydrogens (tertiary/aromatic N) is 3. The van der Waals surface area contributed by atoms with Crippen LogP contribution < -0.4 is 4.90 Å². The summed E-state index contributed by atoms with van der Waals surface area (Å²) in [6, 6.07) is 15.1. The predicted octanol–water partition coefficient (Wildman–Crippen LogP) is 2.31. The van der Waals surface area contributed by atoms with Crippen molar-refractivity contribution in [2.75, 3.05) is 58.0 Å². The summed E-state index contributed by atoms with van der Waals surface area (Å²) in [5, 5.41) is 10.7. The zero-order valence-corrected chi connectivity index (χ0v) is 20.6. The van der Waals surface area contributed by atoms with Gasteiger partial charge in [0.1, 0.15) is 11.2 Å². The van der Waals surface area contributed by atoms with Crippen LogP contribution in [0.5, 0.6) is 0 Å². The molecule has 1 saturated heterocycles. The van der Waals surface area contributed by atoms with E-state index in [0.29, 0.717) is 12.0 Å². The molecular weight excluding hydrogens is 446 g/mol. The molecule has 2 aromatic rings. The largest absolute Gasteiger partial charge is 0.612 e. The molecule has 0 aromatic heterocycles. The van der Waals surface area contributed by atoms with Crippen LogP contribution in [0.1, 0.15) is 24.5 Å². The van der Waals surface area contributed by atoms with Crippen LogP contribution >= 0.6 is 0 Å². The zero-order valence-electron chi connectivity index (χ0n) is 19.0. The molecule has 1 aliphatic rings. The fraction of sp³-hybridized carbons (Fsp3) is 0.478. The van der Waals surface area contributed by atoms with Gasteiger partial charge in [0.25, 0.3) is 0 Å². The van der Waals surface area contributed by atoms with Crippen molar-refractivity contribution in [3.05, 3.63) is 54.1 Å². The molecule has 0 radical (unpaired) electrons. The average molecular weight is 480 g/mol. The Morgan fingerprint density at radius 2 is 1.75 bits per heavy atom. The Morgan fingerprint density at radius 1 is 1.09 bits per heavy atom. The first-order chi connectivity index (χ1) is 15.2. The fourth-order valence-corrected chi connectivity index (χ4v) is 6.18. The highest BCUT2D eigenvalue weighted by molar-refractivity contribution is 7.93. The van der Waals surface area contributed by atoms with Gasteiger partial charge in [-0.1, -0.05) is 24.3 Å². The van der Waals surface area contributed by atoms with E-state index in [1.54, 1.807) is 12.1 Å². The van der Waals surface area contributed by atoms with Crippen molar-refractivity contribution in [1.29, 1.82) is 0 Å². The van der Waals surface area contributed by atoms with Crippen LogP contribution in [0.25, 0.3) is 0 Å². The van der Waals surface area contributed by atoms with Crippen LogP contribution in [-0.2, 0) is 21.2 Å². The maximum atomic E-state index is 12.7. The molecule has 0 aliphatic carbocycles. The van der Waals surface area contributed by atoms with E-state index in [9.17, 15) is 18.1 Å². The van der Waals surface area contributed by atoms with Gasteiger partial charge >= 0.3 is 0 Å². The van der Waals surface area contributed by atoms with E-state index in [1.807, 2.05) is 6.07 Å². The van der Waals surface area contributed by atoms with Gasteiger partial charge in [0.2, 0.25) is 10.0 Å². The second kappa shape index (κ2) is 11.0. The normalized spacial score (nSPS) is 17.5. The molecule has 2 atom stereocenters.